The van der Waals surface area contributed by atoms with E-state index in [0.29, 0.717) is 25.7 Å². The smallest absolute Gasteiger partial charge is 0.239 e. The molecule has 0 aromatic rings. The summed E-state index contributed by atoms with van der Waals surface area (Å²) in [5.41, 5.74) is -0.230. The van der Waals surface area contributed by atoms with Crippen LogP contribution in [-0.2, 0) is 14.3 Å². The van der Waals surface area contributed by atoms with Gasteiger partial charge in [0.15, 0.2) is 5.96 Å². The maximum atomic E-state index is 11.7. The molecule has 23 heavy (non-hydrogen) atoms. The first-order valence-electron chi connectivity index (χ1n) is 7.85. The Bertz CT molecular complexity index is 366. The third-order valence-corrected chi connectivity index (χ3v) is 3.02. The fourth-order valence-electron chi connectivity index (χ4n) is 2.08. The Hall–Kier alpha value is -0.610. The topological polar surface area (TPSA) is 84.0 Å². The first-order chi connectivity index (χ1) is 10.4. The summed E-state index contributed by atoms with van der Waals surface area (Å²) in [6.07, 6.45) is 2.46. The van der Waals surface area contributed by atoms with Crippen LogP contribution in [0.3, 0.4) is 0 Å². The molecule has 1 fully saturated rings. The Kier molecular flexibility index (Phi) is 11.5. The van der Waals surface area contributed by atoms with Crippen LogP contribution in [0.15, 0.2) is 4.99 Å². The first-order valence-corrected chi connectivity index (χ1v) is 7.85. The van der Waals surface area contributed by atoms with Crippen molar-refractivity contribution < 1.29 is 14.3 Å². The van der Waals surface area contributed by atoms with Gasteiger partial charge in [0.2, 0.25) is 5.91 Å². The number of hydrogen-bond donors (Lipinski definition) is 3. The van der Waals surface area contributed by atoms with Crippen LogP contribution in [-0.4, -0.2) is 63.5 Å². The van der Waals surface area contributed by atoms with E-state index in [0.717, 1.165) is 19.4 Å². The van der Waals surface area contributed by atoms with Crippen molar-refractivity contribution in [2.75, 3.05) is 40.0 Å². The van der Waals surface area contributed by atoms with Crippen LogP contribution in [0, 0.1) is 0 Å². The molecule has 0 spiro atoms. The lowest BCUT2D eigenvalue weighted by molar-refractivity contribution is -0.121. The summed E-state index contributed by atoms with van der Waals surface area (Å²) < 4.78 is 11.0. The highest BCUT2D eigenvalue weighted by Gasteiger charge is 2.15. The molecule has 1 unspecified atom stereocenters. The van der Waals surface area contributed by atoms with Crippen LogP contribution in [0.25, 0.3) is 0 Å². The Morgan fingerprint density at radius 2 is 2.09 bits per heavy atom. The van der Waals surface area contributed by atoms with Gasteiger partial charge >= 0.3 is 0 Å². The normalized spacial score (nSPS) is 18.3. The highest BCUT2D eigenvalue weighted by molar-refractivity contribution is 14.0. The summed E-state index contributed by atoms with van der Waals surface area (Å²) in [6, 6.07) is 0. The average Bonchev–Trinajstić information content (AvgIpc) is 2.93. The number of nitrogens with zero attached hydrogens (tertiary/aromatic N) is 1. The third kappa shape index (κ3) is 11.5. The SMILES string of the molecule is CN=C(NCCOCC1CCCO1)NCC(=O)NC(C)(C)C.I. The van der Waals surface area contributed by atoms with E-state index in [1.54, 1.807) is 7.05 Å². The van der Waals surface area contributed by atoms with Crippen molar-refractivity contribution in [3.63, 3.8) is 0 Å². The molecule has 0 aromatic carbocycles. The quantitative estimate of drug-likeness (QED) is 0.236. The number of rotatable bonds is 7. The molecule has 0 radical (unpaired) electrons. The summed E-state index contributed by atoms with van der Waals surface area (Å²) >= 11 is 0. The van der Waals surface area contributed by atoms with Gasteiger partial charge in [0, 0.05) is 25.7 Å². The molecule has 1 aliphatic heterocycles. The predicted octanol–water partition coefficient (Wildman–Crippen LogP) is 0.880. The molecule has 7 nitrogen and oxygen atoms in total. The summed E-state index contributed by atoms with van der Waals surface area (Å²) in [7, 11) is 1.67. The molecule has 8 heteroatoms. The number of carbonyl (C=O) groups excluding carboxylic acids is 1. The summed E-state index contributed by atoms with van der Waals surface area (Å²) in [5.74, 6) is 0.523. The molecule has 0 aliphatic carbocycles. The van der Waals surface area contributed by atoms with Crippen LogP contribution in [0.5, 0.6) is 0 Å². The fourth-order valence-corrected chi connectivity index (χ4v) is 2.08. The van der Waals surface area contributed by atoms with Gasteiger partial charge in [-0.3, -0.25) is 9.79 Å². The van der Waals surface area contributed by atoms with Gasteiger partial charge in [-0.1, -0.05) is 0 Å². The van der Waals surface area contributed by atoms with Crippen molar-refractivity contribution in [1.82, 2.24) is 16.0 Å². The van der Waals surface area contributed by atoms with E-state index < -0.39 is 0 Å². The lowest BCUT2D eigenvalue weighted by Gasteiger charge is -2.21. The summed E-state index contributed by atoms with van der Waals surface area (Å²) in [4.78, 5) is 15.8. The zero-order valence-corrected chi connectivity index (χ0v) is 16.9. The van der Waals surface area contributed by atoms with E-state index in [9.17, 15) is 4.79 Å². The second-order valence-electron chi connectivity index (χ2n) is 6.36. The predicted molar refractivity (Wildman–Crippen MR) is 102 cm³/mol. The van der Waals surface area contributed by atoms with Crippen LogP contribution in [0.1, 0.15) is 33.6 Å². The molecule has 1 atom stereocenters. The summed E-state index contributed by atoms with van der Waals surface area (Å²) in [5, 5.41) is 8.96. The van der Waals surface area contributed by atoms with E-state index in [1.807, 2.05) is 20.8 Å². The van der Waals surface area contributed by atoms with Crippen molar-refractivity contribution >= 4 is 35.8 Å². The van der Waals surface area contributed by atoms with Crippen molar-refractivity contribution in [1.29, 1.82) is 0 Å². The Labute approximate surface area is 156 Å². The minimum absolute atomic E-state index is 0. The molecule has 1 amide bonds. The van der Waals surface area contributed by atoms with Crippen LogP contribution >= 0.6 is 24.0 Å². The minimum atomic E-state index is -0.230. The lowest BCUT2D eigenvalue weighted by Crippen LogP contribution is -2.48. The van der Waals surface area contributed by atoms with Crippen molar-refractivity contribution in [2.45, 2.75) is 45.3 Å². The Morgan fingerprint density at radius 3 is 2.65 bits per heavy atom. The number of carbonyl (C=O) groups is 1. The maximum Gasteiger partial charge on any atom is 0.239 e. The van der Waals surface area contributed by atoms with Crippen molar-refractivity contribution in [3.05, 3.63) is 0 Å². The van der Waals surface area contributed by atoms with Gasteiger partial charge in [-0.05, 0) is 33.6 Å². The molecular formula is C15H31IN4O3. The van der Waals surface area contributed by atoms with E-state index in [1.165, 1.54) is 0 Å². The van der Waals surface area contributed by atoms with Gasteiger partial charge in [-0.15, -0.1) is 24.0 Å². The zero-order chi connectivity index (χ0) is 16.4. The van der Waals surface area contributed by atoms with E-state index in [4.69, 9.17) is 9.47 Å². The fraction of sp³-hybridized carbons (Fsp3) is 0.867. The van der Waals surface area contributed by atoms with Gasteiger partial charge in [-0.25, -0.2) is 0 Å². The van der Waals surface area contributed by atoms with Crippen LogP contribution in [0.2, 0.25) is 0 Å². The monoisotopic (exact) mass is 442 g/mol. The van der Waals surface area contributed by atoms with Crippen molar-refractivity contribution in [2.24, 2.45) is 4.99 Å². The van der Waals surface area contributed by atoms with E-state index in [-0.39, 0.29) is 48.1 Å². The molecule has 1 rings (SSSR count). The zero-order valence-electron chi connectivity index (χ0n) is 14.6. The average molecular weight is 442 g/mol. The van der Waals surface area contributed by atoms with Crippen LogP contribution < -0.4 is 16.0 Å². The maximum absolute atomic E-state index is 11.7. The number of aliphatic imine (C=N–C) groups is 1. The second-order valence-corrected chi connectivity index (χ2v) is 6.36. The molecule has 3 N–H and O–H groups in total. The van der Waals surface area contributed by atoms with E-state index >= 15 is 0 Å². The number of ether oxygens (including phenoxy) is 2. The molecule has 1 saturated heterocycles. The summed E-state index contributed by atoms with van der Waals surface area (Å²) in [6.45, 7) is 8.73. The third-order valence-electron chi connectivity index (χ3n) is 3.02. The first kappa shape index (κ1) is 22.4. The number of amides is 1. The second kappa shape index (κ2) is 11.9. The number of hydrogen-bond acceptors (Lipinski definition) is 4. The van der Waals surface area contributed by atoms with Gasteiger partial charge in [0.05, 0.1) is 25.9 Å². The highest BCUT2D eigenvalue weighted by Crippen LogP contribution is 2.11. The number of nitrogens with one attached hydrogen (secondary N) is 3. The minimum Gasteiger partial charge on any atom is -0.377 e. The molecule has 0 bridgehead atoms. The molecule has 1 aliphatic rings. The molecule has 136 valence electrons. The van der Waals surface area contributed by atoms with Crippen LogP contribution in [0.4, 0.5) is 0 Å². The molecule has 0 saturated carbocycles. The van der Waals surface area contributed by atoms with Gasteiger partial charge < -0.3 is 25.4 Å². The standard InChI is InChI=1S/C15H30N4O3.HI/c1-15(2,3)19-13(20)10-18-14(16-4)17-7-9-21-11-12-6-5-8-22-12;/h12H,5-11H2,1-4H3,(H,19,20)(H2,16,17,18);1H. The Balaban J connectivity index is 0.00000484. The molecule has 0 aromatic heterocycles. The highest BCUT2D eigenvalue weighted by atomic mass is 127. The molecular weight excluding hydrogens is 411 g/mol. The Morgan fingerprint density at radius 1 is 1.35 bits per heavy atom. The largest absolute Gasteiger partial charge is 0.377 e. The van der Waals surface area contributed by atoms with Gasteiger partial charge in [-0.2, -0.15) is 0 Å². The van der Waals surface area contributed by atoms with Gasteiger partial charge in [0.1, 0.15) is 0 Å². The van der Waals surface area contributed by atoms with Crippen molar-refractivity contribution in [3.8, 4) is 0 Å². The van der Waals surface area contributed by atoms with E-state index in [2.05, 4.69) is 20.9 Å². The number of guanidine groups is 1. The van der Waals surface area contributed by atoms with Gasteiger partial charge in [0.25, 0.3) is 0 Å². The lowest BCUT2D eigenvalue weighted by atomic mass is 10.1. The molecule has 1 heterocycles. The number of halogens is 1.